The minimum Gasteiger partial charge on any atom is -0.361 e. The van der Waals surface area contributed by atoms with Crippen LogP contribution in [0.4, 0.5) is 0 Å². The van der Waals surface area contributed by atoms with Gasteiger partial charge in [0.2, 0.25) is 0 Å². The van der Waals surface area contributed by atoms with Crippen LogP contribution in [0.1, 0.15) is 41.6 Å². The van der Waals surface area contributed by atoms with Crippen molar-refractivity contribution in [3.05, 3.63) is 59.8 Å². The fraction of sp³-hybridized carbons (Fsp3) is 0.318. The van der Waals surface area contributed by atoms with Gasteiger partial charge in [-0.05, 0) is 72.2 Å². The van der Waals surface area contributed by atoms with Crippen LogP contribution in [-0.2, 0) is 0 Å². The number of nitrogens with zero attached hydrogens (tertiary/aromatic N) is 1. The van der Waals surface area contributed by atoms with E-state index in [9.17, 15) is 4.79 Å². The van der Waals surface area contributed by atoms with E-state index in [1.807, 2.05) is 30.3 Å². The van der Waals surface area contributed by atoms with Crippen molar-refractivity contribution in [3.63, 3.8) is 0 Å². The van der Waals surface area contributed by atoms with Crippen LogP contribution in [0.2, 0.25) is 0 Å². The first-order chi connectivity index (χ1) is 12.1. The number of H-pyrrole nitrogens is 1. The maximum Gasteiger partial charge on any atom is 0.253 e. The van der Waals surface area contributed by atoms with Crippen LogP contribution >= 0.6 is 0 Å². The summed E-state index contributed by atoms with van der Waals surface area (Å²) in [6.07, 6.45) is 6.71. The summed E-state index contributed by atoms with van der Waals surface area (Å²) in [5.74, 6) is 0.141. The zero-order chi connectivity index (χ0) is 17.4. The molecule has 25 heavy (non-hydrogen) atoms. The van der Waals surface area contributed by atoms with Crippen molar-refractivity contribution in [2.24, 2.45) is 0 Å². The van der Waals surface area contributed by atoms with Gasteiger partial charge < -0.3 is 9.88 Å². The molecular weight excluding hydrogens is 308 g/mol. The number of benzene rings is 2. The van der Waals surface area contributed by atoms with E-state index in [4.69, 9.17) is 0 Å². The molecule has 4 rings (SSSR count). The molecular formula is C22H24N2O. The van der Waals surface area contributed by atoms with Crippen LogP contribution in [0.25, 0.3) is 22.0 Å². The zero-order valence-electron chi connectivity index (χ0n) is 14.9. The van der Waals surface area contributed by atoms with Crippen molar-refractivity contribution in [3.8, 4) is 11.1 Å². The molecule has 1 amide bonds. The number of hydrogen-bond donors (Lipinski definition) is 1. The lowest BCUT2D eigenvalue weighted by molar-refractivity contribution is 0.0735. The van der Waals surface area contributed by atoms with Crippen molar-refractivity contribution in [1.82, 2.24) is 9.88 Å². The number of aryl methyl sites for hydroxylation is 1. The molecule has 2 aromatic carbocycles. The van der Waals surface area contributed by atoms with Gasteiger partial charge in [0.25, 0.3) is 5.91 Å². The maximum absolute atomic E-state index is 12.8. The normalized spacial score (nSPS) is 15.0. The maximum atomic E-state index is 12.8. The highest BCUT2D eigenvalue weighted by atomic mass is 16.2. The Balaban J connectivity index is 1.62. The van der Waals surface area contributed by atoms with Crippen LogP contribution in [0.3, 0.4) is 0 Å². The molecule has 3 aromatic rings. The van der Waals surface area contributed by atoms with Gasteiger partial charge in [-0.15, -0.1) is 0 Å². The van der Waals surface area contributed by atoms with Crippen molar-refractivity contribution < 1.29 is 4.79 Å². The van der Waals surface area contributed by atoms with E-state index in [1.165, 1.54) is 29.4 Å². The van der Waals surface area contributed by atoms with Crippen molar-refractivity contribution >= 4 is 16.8 Å². The summed E-state index contributed by atoms with van der Waals surface area (Å²) in [6.45, 7) is 2.09. The van der Waals surface area contributed by atoms with Crippen LogP contribution in [0.5, 0.6) is 0 Å². The zero-order valence-corrected chi connectivity index (χ0v) is 14.9. The molecule has 0 radical (unpaired) electrons. The van der Waals surface area contributed by atoms with Crippen LogP contribution in [-0.4, -0.2) is 28.9 Å². The van der Waals surface area contributed by atoms with Crippen molar-refractivity contribution in [2.45, 2.75) is 38.6 Å². The van der Waals surface area contributed by atoms with E-state index in [2.05, 4.69) is 42.2 Å². The van der Waals surface area contributed by atoms with Gasteiger partial charge in [-0.25, -0.2) is 0 Å². The summed E-state index contributed by atoms with van der Waals surface area (Å²) in [4.78, 5) is 18.0. The average Bonchev–Trinajstić information content (AvgIpc) is 3.31. The molecule has 0 atom stereocenters. The molecule has 1 saturated carbocycles. The smallest absolute Gasteiger partial charge is 0.253 e. The first-order valence-electron chi connectivity index (χ1n) is 9.09. The van der Waals surface area contributed by atoms with E-state index < -0.39 is 0 Å². The molecule has 3 nitrogen and oxygen atoms in total. The van der Waals surface area contributed by atoms with E-state index in [0.717, 1.165) is 29.5 Å². The number of aromatic amines is 1. The van der Waals surface area contributed by atoms with Gasteiger partial charge in [-0.1, -0.05) is 25.0 Å². The molecule has 1 heterocycles. The van der Waals surface area contributed by atoms with Gasteiger partial charge in [0.15, 0.2) is 0 Å². The van der Waals surface area contributed by atoms with Gasteiger partial charge in [0.05, 0.1) is 0 Å². The SMILES string of the molecule is Cc1cc(C(=O)N(C)C2CCCC2)ccc1-c1ccc2[nH]ccc2c1. The second kappa shape index (κ2) is 6.40. The number of aromatic nitrogens is 1. The summed E-state index contributed by atoms with van der Waals surface area (Å²) in [7, 11) is 1.95. The van der Waals surface area contributed by atoms with Gasteiger partial charge in [0, 0.05) is 30.4 Å². The van der Waals surface area contributed by atoms with Crippen LogP contribution in [0, 0.1) is 6.92 Å². The van der Waals surface area contributed by atoms with E-state index in [0.29, 0.717) is 6.04 Å². The van der Waals surface area contributed by atoms with Gasteiger partial charge in [-0.3, -0.25) is 4.79 Å². The first-order valence-corrected chi connectivity index (χ1v) is 9.09. The summed E-state index contributed by atoms with van der Waals surface area (Å²) in [6, 6.07) is 15.0. The number of nitrogens with one attached hydrogen (secondary N) is 1. The number of carbonyl (C=O) groups is 1. The van der Waals surface area contributed by atoms with E-state index in [-0.39, 0.29) is 5.91 Å². The largest absolute Gasteiger partial charge is 0.361 e. The lowest BCUT2D eigenvalue weighted by atomic mass is 9.97. The summed E-state index contributed by atoms with van der Waals surface area (Å²) >= 11 is 0. The quantitative estimate of drug-likeness (QED) is 0.707. The molecule has 1 fully saturated rings. The van der Waals surface area contributed by atoms with Gasteiger partial charge >= 0.3 is 0 Å². The molecule has 0 spiro atoms. The number of hydrogen-bond acceptors (Lipinski definition) is 1. The molecule has 1 aromatic heterocycles. The molecule has 128 valence electrons. The highest BCUT2D eigenvalue weighted by molar-refractivity contribution is 5.95. The minimum atomic E-state index is 0.141. The number of fused-ring (bicyclic) bond motifs is 1. The number of carbonyl (C=O) groups excluding carboxylic acids is 1. The summed E-state index contributed by atoms with van der Waals surface area (Å²) in [5, 5.41) is 1.21. The van der Waals surface area contributed by atoms with Gasteiger partial charge in [0.1, 0.15) is 0 Å². The molecule has 0 aliphatic heterocycles. The minimum absolute atomic E-state index is 0.141. The van der Waals surface area contributed by atoms with E-state index >= 15 is 0 Å². The summed E-state index contributed by atoms with van der Waals surface area (Å²) < 4.78 is 0. The lowest BCUT2D eigenvalue weighted by Crippen LogP contribution is -2.35. The molecule has 3 heteroatoms. The number of rotatable bonds is 3. The highest BCUT2D eigenvalue weighted by Crippen LogP contribution is 2.29. The second-order valence-electron chi connectivity index (χ2n) is 7.16. The third-order valence-electron chi connectivity index (χ3n) is 5.53. The Morgan fingerprint density at radius 3 is 2.64 bits per heavy atom. The Kier molecular flexibility index (Phi) is 4.08. The Bertz CT molecular complexity index is 919. The Morgan fingerprint density at radius 1 is 1.08 bits per heavy atom. The number of amides is 1. The van der Waals surface area contributed by atoms with Crippen molar-refractivity contribution in [2.75, 3.05) is 7.05 Å². The third kappa shape index (κ3) is 2.95. The molecule has 0 unspecified atom stereocenters. The van der Waals surface area contributed by atoms with Crippen molar-refractivity contribution in [1.29, 1.82) is 0 Å². The highest BCUT2D eigenvalue weighted by Gasteiger charge is 2.24. The fourth-order valence-electron chi connectivity index (χ4n) is 4.00. The molecule has 1 N–H and O–H groups in total. The second-order valence-corrected chi connectivity index (χ2v) is 7.16. The first kappa shape index (κ1) is 15.9. The molecule has 1 aliphatic rings. The van der Waals surface area contributed by atoms with Crippen LogP contribution in [0.15, 0.2) is 48.7 Å². The lowest BCUT2D eigenvalue weighted by Gasteiger charge is -2.24. The monoisotopic (exact) mass is 332 g/mol. The standard InChI is InChI=1S/C22H24N2O/c1-15-13-18(22(25)24(2)19-5-3-4-6-19)7-9-20(15)16-8-10-21-17(14-16)11-12-23-21/h7-14,19,23H,3-6H2,1-2H3. The Morgan fingerprint density at radius 2 is 1.88 bits per heavy atom. The van der Waals surface area contributed by atoms with Gasteiger partial charge in [-0.2, -0.15) is 0 Å². The Labute approximate surface area is 148 Å². The fourth-order valence-corrected chi connectivity index (χ4v) is 4.00. The predicted octanol–water partition coefficient (Wildman–Crippen LogP) is 5.16. The van der Waals surface area contributed by atoms with E-state index in [1.54, 1.807) is 0 Å². The third-order valence-corrected chi connectivity index (χ3v) is 5.53. The van der Waals surface area contributed by atoms with Crippen LogP contribution < -0.4 is 0 Å². The average molecular weight is 332 g/mol. The molecule has 1 aliphatic carbocycles. The molecule has 0 bridgehead atoms. The predicted molar refractivity (Wildman–Crippen MR) is 103 cm³/mol. The topological polar surface area (TPSA) is 36.1 Å². The Hall–Kier alpha value is -2.55. The molecule has 0 saturated heterocycles. The summed E-state index contributed by atoms with van der Waals surface area (Å²) in [5.41, 5.74) is 5.45.